The van der Waals surface area contributed by atoms with Gasteiger partial charge in [0.25, 0.3) is 5.91 Å². The van der Waals surface area contributed by atoms with Gasteiger partial charge in [0.15, 0.2) is 12.4 Å². The van der Waals surface area contributed by atoms with Crippen molar-refractivity contribution in [2.75, 3.05) is 39.8 Å². The molecule has 1 amide bonds. The van der Waals surface area contributed by atoms with Crippen molar-refractivity contribution in [1.29, 1.82) is 0 Å². The molecule has 3 rings (SSSR count). The third-order valence-corrected chi connectivity index (χ3v) is 5.65. The first-order chi connectivity index (χ1) is 13.0. The fourth-order valence-corrected chi connectivity index (χ4v) is 4.02. The van der Waals surface area contributed by atoms with Gasteiger partial charge in [-0.05, 0) is 83.6 Å². The van der Waals surface area contributed by atoms with Crippen molar-refractivity contribution in [2.45, 2.75) is 44.7 Å². The summed E-state index contributed by atoms with van der Waals surface area (Å²) in [5.74, 6) is 0.540. The molecule has 2 aliphatic rings. The van der Waals surface area contributed by atoms with E-state index in [-0.39, 0.29) is 24.3 Å². The van der Waals surface area contributed by atoms with E-state index in [1.54, 1.807) is 24.3 Å². The number of amides is 1. The van der Waals surface area contributed by atoms with E-state index in [0.717, 1.165) is 39.0 Å². The van der Waals surface area contributed by atoms with Gasteiger partial charge in [0.1, 0.15) is 5.75 Å². The van der Waals surface area contributed by atoms with E-state index in [2.05, 4.69) is 22.2 Å². The second-order valence-electron chi connectivity index (χ2n) is 7.81. The van der Waals surface area contributed by atoms with E-state index in [9.17, 15) is 9.59 Å². The Morgan fingerprint density at radius 2 is 1.81 bits per heavy atom. The largest absolute Gasteiger partial charge is 0.484 e. The fraction of sp³-hybridized carbons (Fsp3) is 0.619. The lowest BCUT2D eigenvalue weighted by Crippen LogP contribution is -2.53. The molecule has 2 aliphatic heterocycles. The number of ether oxygens (including phenoxy) is 1. The zero-order valence-electron chi connectivity index (χ0n) is 16.4. The lowest BCUT2D eigenvalue weighted by Gasteiger charge is -2.41. The van der Waals surface area contributed by atoms with Crippen molar-refractivity contribution in [1.82, 2.24) is 15.1 Å². The zero-order valence-corrected chi connectivity index (χ0v) is 16.4. The van der Waals surface area contributed by atoms with Gasteiger partial charge in [0.05, 0.1) is 0 Å². The number of likely N-dealkylation sites (tertiary alicyclic amines) is 2. The summed E-state index contributed by atoms with van der Waals surface area (Å²) in [6.07, 6.45) is 4.60. The maximum absolute atomic E-state index is 12.3. The predicted octanol–water partition coefficient (Wildman–Crippen LogP) is 1.94. The molecule has 0 bridgehead atoms. The van der Waals surface area contributed by atoms with Crippen LogP contribution in [0.2, 0.25) is 0 Å². The molecule has 0 saturated carbocycles. The van der Waals surface area contributed by atoms with E-state index in [0.29, 0.717) is 17.4 Å². The molecule has 6 heteroatoms. The van der Waals surface area contributed by atoms with Crippen LogP contribution < -0.4 is 10.1 Å². The molecule has 148 valence electrons. The Balaban J connectivity index is 1.42. The standard InChI is InChI=1S/C21H31N3O3/c1-16(25)17-5-7-20(8-6-17)27-15-21(26)22-18-4-3-11-24(14-18)19-9-12-23(2)13-10-19/h5-8,18-19H,3-4,9-15H2,1-2H3,(H,22,26)/t18-/m0/s1. The van der Waals surface area contributed by atoms with Crippen LogP contribution in [0.4, 0.5) is 0 Å². The molecule has 27 heavy (non-hydrogen) atoms. The molecule has 1 atom stereocenters. The van der Waals surface area contributed by atoms with Crippen LogP contribution in [-0.4, -0.2) is 73.4 Å². The van der Waals surface area contributed by atoms with Crippen LogP contribution in [-0.2, 0) is 4.79 Å². The second kappa shape index (κ2) is 9.33. The SMILES string of the molecule is CC(=O)c1ccc(OCC(=O)N[C@H]2CCCN(C3CCN(C)CC3)C2)cc1. The number of nitrogens with one attached hydrogen (secondary N) is 1. The number of nitrogens with zero attached hydrogens (tertiary/aromatic N) is 2. The summed E-state index contributed by atoms with van der Waals surface area (Å²) in [6.45, 7) is 5.93. The highest BCUT2D eigenvalue weighted by molar-refractivity contribution is 5.94. The van der Waals surface area contributed by atoms with Crippen LogP contribution in [0.25, 0.3) is 0 Å². The number of carbonyl (C=O) groups excluding carboxylic acids is 2. The lowest BCUT2D eigenvalue weighted by atomic mass is 9.98. The molecule has 2 heterocycles. The Kier molecular flexibility index (Phi) is 6.85. The van der Waals surface area contributed by atoms with Gasteiger partial charge in [0, 0.05) is 24.2 Å². The molecule has 2 saturated heterocycles. The smallest absolute Gasteiger partial charge is 0.258 e. The fourth-order valence-electron chi connectivity index (χ4n) is 4.02. The first kappa shape index (κ1) is 19.8. The third kappa shape index (κ3) is 5.78. The molecule has 0 radical (unpaired) electrons. The minimum atomic E-state index is -0.0825. The van der Waals surface area contributed by atoms with Crippen molar-refractivity contribution in [3.8, 4) is 5.75 Å². The molecule has 0 unspecified atom stereocenters. The van der Waals surface area contributed by atoms with Gasteiger partial charge in [-0.1, -0.05) is 0 Å². The van der Waals surface area contributed by atoms with Gasteiger partial charge in [-0.25, -0.2) is 0 Å². The van der Waals surface area contributed by atoms with Crippen LogP contribution in [0.15, 0.2) is 24.3 Å². The molecule has 0 aliphatic carbocycles. The lowest BCUT2D eigenvalue weighted by molar-refractivity contribution is -0.124. The second-order valence-corrected chi connectivity index (χ2v) is 7.81. The van der Waals surface area contributed by atoms with Gasteiger partial charge in [-0.15, -0.1) is 0 Å². The van der Waals surface area contributed by atoms with E-state index in [1.165, 1.54) is 19.8 Å². The molecule has 2 fully saturated rings. The van der Waals surface area contributed by atoms with E-state index < -0.39 is 0 Å². The molecule has 1 N–H and O–H groups in total. The molecular weight excluding hydrogens is 342 g/mol. The van der Waals surface area contributed by atoms with Crippen LogP contribution >= 0.6 is 0 Å². The summed E-state index contributed by atoms with van der Waals surface area (Å²) < 4.78 is 5.56. The number of piperidine rings is 2. The average molecular weight is 373 g/mol. The van der Waals surface area contributed by atoms with Crippen molar-refractivity contribution in [3.63, 3.8) is 0 Å². The third-order valence-electron chi connectivity index (χ3n) is 5.65. The van der Waals surface area contributed by atoms with Crippen molar-refractivity contribution in [2.24, 2.45) is 0 Å². The quantitative estimate of drug-likeness (QED) is 0.772. The number of carbonyl (C=O) groups is 2. The van der Waals surface area contributed by atoms with Crippen molar-refractivity contribution >= 4 is 11.7 Å². The van der Waals surface area contributed by atoms with Crippen LogP contribution in [0.3, 0.4) is 0 Å². The Hall–Kier alpha value is -1.92. The monoisotopic (exact) mass is 373 g/mol. The van der Waals surface area contributed by atoms with Gasteiger partial charge in [-0.3, -0.25) is 14.5 Å². The van der Waals surface area contributed by atoms with Gasteiger partial charge < -0.3 is 15.0 Å². The van der Waals surface area contributed by atoms with Crippen molar-refractivity contribution < 1.29 is 14.3 Å². The minimum Gasteiger partial charge on any atom is -0.484 e. The summed E-state index contributed by atoms with van der Waals surface area (Å²) in [7, 11) is 2.18. The summed E-state index contributed by atoms with van der Waals surface area (Å²) >= 11 is 0. The topological polar surface area (TPSA) is 61.9 Å². The highest BCUT2D eigenvalue weighted by Crippen LogP contribution is 2.20. The summed E-state index contributed by atoms with van der Waals surface area (Å²) in [5, 5.41) is 3.13. The summed E-state index contributed by atoms with van der Waals surface area (Å²) in [5.41, 5.74) is 0.642. The first-order valence-electron chi connectivity index (χ1n) is 9.97. The Labute approximate surface area is 161 Å². The Bertz CT molecular complexity index is 639. The maximum Gasteiger partial charge on any atom is 0.258 e. The number of ketones is 1. The number of hydrogen-bond donors (Lipinski definition) is 1. The Morgan fingerprint density at radius 1 is 1.11 bits per heavy atom. The predicted molar refractivity (Wildman–Crippen MR) is 105 cm³/mol. The van der Waals surface area contributed by atoms with Crippen LogP contribution in [0.1, 0.15) is 43.0 Å². The Morgan fingerprint density at radius 3 is 2.48 bits per heavy atom. The highest BCUT2D eigenvalue weighted by Gasteiger charge is 2.28. The first-order valence-corrected chi connectivity index (χ1v) is 9.97. The molecule has 0 spiro atoms. The van der Waals surface area contributed by atoms with Crippen LogP contribution in [0, 0.1) is 0 Å². The summed E-state index contributed by atoms with van der Waals surface area (Å²) in [6, 6.07) is 7.75. The number of hydrogen-bond acceptors (Lipinski definition) is 5. The zero-order chi connectivity index (χ0) is 19.2. The van der Waals surface area contributed by atoms with Crippen molar-refractivity contribution in [3.05, 3.63) is 29.8 Å². The molecule has 0 aromatic heterocycles. The number of Topliss-reactive ketones (excluding diaryl/α,β-unsaturated/α-hetero) is 1. The normalized spacial score (nSPS) is 22.4. The molecule has 6 nitrogen and oxygen atoms in total. The molecule has 1 aromatic rings. The van der Waals surface area contributed by atoms with Gasteiger partial charge >= 0.3 is 0 Å². The van der Waals surface area contributed by atoms with Gasteiger partial charge in [0.2, 0.25) is 0 Å². The van der Waals surface area contributed by atoms with E-state index in [1.807, 2.05) is 0 Å². The number of rotatable bonds is 6. The molecular formula is C21H31N3O3. The average Bonchev–Trinajstić information content (AvgIpc) is 2.67. The number of benzene rings is 1. The van der Waals surface area contributed by atoms with E-state index >= 15 is 0 Å². The maximum atomic E-state index is 12.3. The van der Waals surface area contributed by atoms with Gasteiger partial charge in [-0.2, -0.15) is 0 Å². The highest BCUT2D eigenvalue weighted by atomic mass is 16.5. The minimum absolute atomic E-state index is 0.00411. The molecule has 1 aromatic carbocycles. The summed E-state index contributed by atoms with van der Waals surface area (Å²) in [4.78, 5) is 28.5. The van der Waals surface area contributed by atoms with Crippen LogP contribution in [0.5, 0.6) is 5.75 Å². The van der Waals surface area contributed by atoms with E-state index in [4.69, 9.17) is 4.74 Å².